The highest BCUT2D eigenvalue weighted by Gasteiger charge is 2.23. The molecule has 7 nitrogen and oxygen atoms in total. The lowest BCUT2D eigenvalue weighted by molar-refractivity contribution is -0.127. The molecule has 0 unspecified atom stereocenters. The summed E-state index contributed by atoms with van der Waals surface area (Å²) < 4.78 is 5.12. The van der Waals surface area contributed by atoms with Crippen molar-refractivity contribution in [1.29, 1.82) is 10.8 Å². The van der Waals surface area contributed by atoms with Gasteiger partial charge in [0.05, 0.1) is 17.6 Å². The smallest absolute Gasteiger partial charge is 0.295 e. The van der Waals surface area contributed by atoms with E-state index in [0.717, 1.165) is 18.4 Å². The van der Waals surface area contributed by atoms with Crippen molar-refractivity contribution < 1.29 is 9.53 Å². The lowest BCUT2D eigenvalue weighted by Crippen LogP contribution is -2.40. The molecule has 0 saturated heterocycles. The van der Waals surface area contributed by atoms with Gasteiger partial charge in [-0.05, 0) is 25.3 Å². The van der Waals surface area contributed by atoms with Crippen molar-refractivity contribution in [3.05, 3.63) is 41.5 Å². The molecule has 1 aliphatic rings. The number of rotatable bonds is 2. The van der Waals surface area contributed by atoms with Crippen molar-refractivity contribution in [3.63, 3.8) is 0 Å². The third-order valence-corrected chi connectivity index (χ3v) is 3.63. The summed E-state index contributed by atoms with van der Waals surface area (Å²) in [4.78, 5) is 20.6. The molecular formula is C18H23N5O2. The monoisotopic (exact) mass is 341 g/mol. The molecule has 1 aliphatic carbocycles. The van der Waals surface area contributed by atoms with Gasteiger partial charge in [0, 0.05) is 5.41 Å². The zero-order valence-corrected chi connectivity index (χ0v) is 14.9. The number of hydrogen-bond acceptors (Lipinski definition) is 6. The van der Waals surface area contributed by atoms with Gasteiger partial charge in [-0.2, -0.15) is 0 Å². The maximum Gasteiger partial charge on any atom is 0.295 e. The fourth-order valence-corrected chi connectivity index (χ4v) is 2.10. The number of aryl methyl sites for hydroxylation is 1. The van der Waals surface area contributed by atoms with E-state index in [4.69, 9.17) is 15.6 Å². The first kappa shape index (κ1) is 18.5. The highest BCUT2D eigenvalue weighted by atomic mass is 16.5. The van der Waals surface area contributed by atoms with Crippen LogP contribution in [-0.2, 0) is 9.53 Å². The van der Waals surface area contributed by atoms with Crippen molar-refractivity contribution in [3.8, 4) is 0 Å². The van der Waals surface area contributed by atoms with Gasteiger partial charge in [-0.15, -0.1) is 0 Å². The number of aromatic nitrogens is 2. The van der Waals surface area contributed by atoms with Gasteiger partial charge in [0.1, 0.15) is 5.69 Å². The van der Waals surface area contributed by atoms with E-state index in [-0.39, 0.29) is 17.5 Å². The Bertz CT molecular complexity index is 772. The van der Waals surface area contributed by atoms with E-state index in [2.05, 4.69) is 21.4 Å². The van der Waals surface area contributed by atoms with Gasteiger partial charge in [-0.1, -0.05) is 39.0 Å². The summed E-state index contributed by atoms with van der Waals surface area (Å²) in [6.07, 6.45) is 9.50. The minimum atomic E-state index is -0.658. The van der Waals surface area contributed by atoms with E-state index in [1.165, 1.54) is 0 Å². The predicted molar refractivity (Wildman–Crippen MR) is 96.4 cm³/mol. The number of ether oxygens (including phenoxy) is 1. The second-order valence-corrected chi connectivity index (χ2v) is 6.81. The number of amides is 1. The Morgan fingerprint density at radius 2 is 2.04 bits per heavy atom. The summed E-state index contributed by atoms with van der Waals surface area (Å²) in [6, 6.07) is -0.503. The molecule has 0 radical (unpaired) electrons. The number of nitrogens with zero attached hydrogens (tertiary/aromatic N) is 2. The van der Waals surface area contributed by atoms with E-state index >= 15 is 0 Å². The number of carbonyl (C=O) groups excluding carboxylic acids is 1. The van der Waals surface area contributed by atoms with Crippen LogP contribution < -0.4 is 5.32 Å². The van der Waals surface area contributed by atoms with Crippen molar-refractivity contribution >= 4 is 23.4 Å². The fraction of sp³-hybridized carbons (Fsp3) is 0.389. The van der Waals surface area contributed by atoms with Gasteiger partial charge >= 0.3 is 0 Å². The molecule has 132 valence electrons. The minimum absolute atomic E-state index is 0.253. The Hall–Kier alpha value is -2.83. The standard InChI is InChI=1S/C18H23N5O2/c1-11-14(15(19)25-17(20)23-16(24)18(2,3)4)22-13(10-21-11)12-8-6-5-7-9-12/h5-6,8,10,19H,7,9H2,1-4H3,(H2,20,23,24). The molecule has 2 rings (SSSR count). The van der Waals surface area contributed by atoms with E-state index in [1.54, 1.807) is 33.9 Å². The highest BCUT2D eigenvalue weighted by Crippen LogP contribution is 2.22. The molecule has 1 heterocycles. The van der Waals surface area contributed by atoms with Gasteiger partial charge in [0.25, 0.3) is 6.02 Å². The zero-order chi connectivity index (χ0) is 18.6. The summed E-state index contributed by atoms with van der Waals surface area (Å²) in [7, 11) is 0. The Kier molecular flexibility index (Phi) is 5.46. The van der Waals surface area contributed by atoms with Gasteiger partial charge in [0.2, 0.25) is 11.8 Å². The second kappa shape index (κ2) is 7.38. The maximum atomic E-state index is 11.9. The van der Waals surface area contributed by atoms with Crippen LogP contribution in [0.5, 0.6) is 0 Å². The molecule has 7 heteroatoms. The van der Waals surface area contributed by atoms with Crippen LogP contribution >= 0.6 is 0 Å². The van der Waals surface area contributed by atoms with Crippen molar-refractivity contribution in [2.45, 2.75) is 40.5 Å². The molecule has 25 heavy (non-hydrogen) atoms. The second-order valence-electron chi connectivity index (χ2n) is 6.81. The topological polar surface area (TPSA) is 112 Å². The molecule has 0 fully saturated rings. The number of amidine groups is 1. The van der Waals surface area contributed by atoms with E-state index < -0.39 is 11.4 Å². The van der Waals surface area contributed by atoms with Crippen molar-refractivity contribution in [2.24, 2.45) is 5.41 Å². The Balaban J connectivity index is 2.13. The highest BCUT2D eigenvalue weighted by molar-refractivity contribution is 6.03. The van der Waals surface area contributed by atoms with Crippen LogP contribution in [0, 0.1) is 23.2 Å². The maximum absolute atomic E-state index is 11.9. The lowest BCUT2D eigenvalue weighted by atomic mass is 9.96. The molecule has 1 amide bonds. The first-order valence-corrected chi connectivity index (χ1v) is 8.05. The molecule has 0 bridgehead atoms. The largest absolute Gasteiger partial charge is 0.405 e. The zero-order valence-electron chi connectivity index (χ0n) is 14.9. The van der Waals surface area contributed by atoms with Crippen LogP contribution in [0.3, 0.4) is 0 Å². The number of carbonyl (C=O) groups is 1. The Morgan fingerprint density at radius 1 is 1.32 bits per heavy atom. The minimum Gasteiger partial charge on any atom is -0.405 e. The van der Waals surface area contributed by atoms with E-state index in [0.29, 0.717) is 11.4 Å². The SMILES string of the molecule is Cc1ncc(C2=CC=CCC2)nc1C(=N)OC(=N)NC(=O)C(C)(C)C. The summed E-state index contributed by atoms with van der Waals surface area (Å²) >= 11 is 0. The summed E-state index contributed by atoms with van der Waals surface area (Å²) in [6.45, 7) is 6.90. The molecule has 1 aromatic rings. The van der Waals surface area contributed by atoms with Gasteiger partial charge < -0.3 is 4.74 Å². The van der Waals surface area contributed by atoms with Crippen LogP contribution in [-0.4, -0.2) is 27.8 Å². The van der Waals surface area contributed by atoms with E-state index in [9.17, 15) is 4.79 Å². The van der Waals surface area contributed by atoms with Crippen LogP contribution in [0.15, 0.2) is 24.4 Å². The molecule has 0 saturated carbocycles. The van der Waals surface area contributed by atoms with Crippen LogP contribution in [0.1, 0.15) is 50.7 Å². The molecule has 0 aromatic carbocycles. The van der Waals surface area contributed by atoms with Crippen molar-refractivity contribution in [1.82, 2.24) is 15.3 Å². The quantitative estimate of drug-likeness (QED) is 0.567. The summed E-state index contributed by atoms with van der Waals surface area (Å²) in [5.41, 5.74) is 1.84. The molecule has 0 atom stereocenters. The summed E-state index contributed by atoms with van der Waals surface area (Å²) in [5, 5.41) is 18.1. The lowest BCUT2D eigenvalue weighted by Gasteiger charge is -2.18. The fourth-order valence-electron chi connectivity index (χ4n) is 2.10. The van der Waals surface area contributed by atoms with Crippen LogP contribution in [0.25, 0.3) is 5.57 Å². The van der Waals surface area contributed by atoms with Crippen molar-refractivity contribution in [2.75, 3.05) is 0 Å². The van der Waals surface area contributed by atoms with Gasteiger partial charge in [-0.25, -0.2) is 4.98 Å². The van der Waals surface area contributed by atoms with Gasteiger partial charge in [-0.3, -0.25) is 25.9 Å². The van der Waals surface area contributed by atoms with Gasteiger partial charge in [0.15, 0.2) is 0 Å². The molecule has 0 spiro atoms. The number of hydrogen-bond donors (Lipinski definition) is 3. The van der Waals surface area contributed by atoms with Crippen LogP contribution in [0.2, 0.25) is 0 Å². The van der Waals surface area contributed by atoms with Crippen LogP contribution in [0.4, 0.5) is 0 Å². The molecule has 1 aromatic heterocycles. The molecule has 3 N–H and O–H groups in total. The molecule has 0 aliphatic heterocycles. The normalized spacial score (nSPS) is 13.8. The number of allylic oxidation sites excluding steroid dienone is 4. The predicted octanol–water partition coefficient (Wildman–Crippen LogP) is 2.96. The Morgan fingerprint density at radius 3 is 2.64 bits per heavy atom. The third-order valence-electron chi connectivity index (χ3n) is 3.63. The first-order valence-electron chi connectivity index (χ1n) is 8.05. The molecular weight excluding hydrogens is 318 g/mol. The third kappa shape index (κ3) is 4.82. The summed E-state index contributed by atoms with van der Waals surface area (Å²) in [5.74, 6) is -0.681. The first-order chi connectivity index (χ1) is 11.7. The average Bonchev–Trinajstić information content (AvgIpc) is 2.55. The Labute approximate surface area is 147 Å². The number of nitrogens with one attached hydrogen (secondary N) is 3. The van der Waals surface area contributed by atoms with E-state index in [1.807, 2.05) is 12.2 Å². The average molecular weight is 341 g/mol.